The van der Waals surface area contributed by atoms with E-state index in [4.69, 9.17) is 9.47 Å². The number of fused-ring (bicyclic) bond motifs is 1. The first-order valence-corrected chi connectivity index (χ1v) is 11.6. The van der Waals surface area contributed by atoms with Gasteiger partial charge in [-0.25, -0.2) is 4.79 Å². The molecule has 0 saturated carbocycles. The van der Waals surface area contributed by atoms with E-state index in [0.29, 0.717) is 0 Å². The lowest BCUT2D eigenvalue weighted by Gasteiger charge is -2.47. The first-order chi connectivity index (χ1) is 17.0. The van der Waals surface area contributed by atoms with Gasteiger partial charge in [-0.2, -0.15) is 0 Å². The third kappa shape index (κ3) is 4.23. The van der Waals surface area contributed by atoms with Crippen molar-refractivity contribution in [1.82, 2.24) is 9.80 Å². The Hall–Kier alpha value is -4.08. The van der Waals surface area contributed by atoms with Gasteiger partial charge in [0.2, 0.25) is 17.6 Å². The van der Waals surface area contributed by atoms with Gasteiger partial charge in [0.1, 0.15) is 19.2 Å². The second kappa shape index (κ2) is 9.52. The maximum atomic E-state index is 13.5. The summed E-state index contributed by atoms with van der Waals surface area (Å²) in [6.45, 7) is 5.10. The highest BCUT2D eigenvalue weighted by atomic mass is 16.5. The van der Waals surface area contributed by atoms with E-state index >= 15 is 0 Å². The third-order valence-electron chi connectivity index (χ3n) is 6.38. The number of amides is 3. The highest BCUT2D eigenvalue weighted by Crippen LogP contribution is 2.39. The van der Waals surface area contributed by atoms with Gasteiger partial charge in [0, 0.05) is 30.1 Å². The van der Waals surface area contributed by atoms with Crippen LogP contribution in [0.2, 0.25) is 0 Å². The van der Waals surface area contributed by atoms with Crippen LogP contribution in [0, 0.1) is 0 Å². The van der Waals surface area contributed by atoms with Crippen LogP contribution in [-0.4, -0.2) is 76.4 Å². The molecule has 0 N–H and O–H groups in total. The molecule has 1 aromatic carbocycles. The van der Waals surface area contributed by atoms with Crippen molar-refractivity contribution in [3.63, 3.8) is 0 Å². The molecular formula is C26H26N2O8. The van der Waals surface area contributed by atoms with Crippen LogP contribution in [0.15, 0.2) is 52.8 Å². The minimum absolute atomic E-state index is 0.00291. The lowest BCUT2D eigenvalue weighted by atomic mass is 9.77. The molecule has 3 amide bonds. The number of piperazine rings is 1. The normalized spacial score (nSPS) is 22.1. The van der Waals surface area contributed by atoms with Gasteiger partial charge in [-0.15, -0.1) is 0 Å². The van der Waals surface area contributed by atoms with Gasteiger partial charge in [-0.05, 0) is 32.9 Å². The fourth-order valence-electron chi connectivity index (χ4n) is 4.72. The average molecular weight is 495 g/mol. The topological polar surface area (TPSA) is 127 Å². The number of imide groups is 1. The molecule has 36 heavy (non-hydrogen) atoms. The molecule has 0 spiro atoms. The number of carbonyl (C=O) groups is 6. The largest absolute Gasteiger partial charge is 0.486 e. The van der Waals surface area contributed by atoms with Gasteiger partial charge < -0.3 is 14.4 Å². The van der Waals surface area contributed by atoms with Crippen molar-refractivity contribution >= 4 is 35.3 Å². The first kappa shape index (κ1) is 25.0. The molecule has 1 aliphatic carbocycles. The SMILES string of the molecule is CC(=O)N1CC(=O)N2[C@H](COC(=O)c3ccccc3)C3=C(C[C@H]2C1=O)C(=O)C(OC(C)C)=C(C)C3=O. The Balaban J connectivity index is 1.76. The summed E-state index contributed by atoms with van der Waals surface area (Å²) in [5, 5.41) is 0. The second-order valence-electron chi connectivity index (χ2n) is 9.12. The van der Waals surface area contributed by atoms with E-state index in [0.717, 1.165) is 4.90 Å². The second-order valence-corrected chi connectivity index (χ2v) is 9.12. The number of ketones is 2. The molecule has 0 radical (unpaired) electrons. The third-order valence-corrected chi connectivity index (χ3v) is 6.38. The van der Waals surface area contributed by atoms with Gasteiger partial charge in [0.15, 0.2) is 11.5 Å². The summed E-state index contributed by atoms with van der Waals surface area (Å²) in [6, 6.07) is 5.77. The Bertz CT molecular complexity index is 1240. The van der Waals surface area contributed by atoms with Gasteiger partial charge in [-0.3, -0.25) is 28.9 Å². The van der Waals surface area contributed by atoms with Gasteiger partial charge >= 0.3 is 5.97 Å². The molecule has 0 unspecified atom stereocenters. The Labute approximate surface area is 207 Å². The van der Waals surface area contributed by atoms with Gasteiger partial charge in [-0.1, -0.05) is 18.2 Å². The van der Waals surface area contributed by atoms with Crippen LogP contribution in [0.1, 0.15) is 44.5 Å². The maximum Gasteiger partial charge on any atom is 0.338 e. The number of hydrogen-bond donors (Lipinski definition) is 0. The first-order valence-electron chi connectivity index (χ1n) is 11.6. The van der Waals surface area contributed by atoms with Crippen molar-refractivity contribution in [2.45, 2.75) is 52.3 Å². The molecule has 188 valence electrons. The predicted octanol–water partition coefficient (Wildman–Crippen LogP) is 1.35. The van der Waals surface area contributed by atoms with E-state index in [1.54, 1.807) is 44.2 Å². The molecule has 0 bridgehead atoms. The lowest BCUT2D eigenvalue weighted by Crippen LogP contribution is -2.67. The Morgan fingerprint density at radius 1 is 1.06 bits per heavy atom. The predicted molar refractivity (Wildman–Crippen MR) is 124 cm³/mol. The van der Waals surface area contributed by atoms with Crippen molar-refractivity contribution in [2.24, 2.45) is 0 Å². The number of carbonyl (C=O) groups excluding carboxylic acids is 6. The zero-order valence-corrected chi connectivity index (χ0v) is 20.4. The molecule has 10 heteroatoms. The van der Waals surface area contributed by atoms with E-state index in [2.05, 4.69) is 0 Å². The summed E-state index contributed by atoms with van der Waals surface area (Å²) in [7, 11) is 0. The minimum atomic E-state index is -1.20. The Morgan fingerprint density at radius 2 is 1.72 bits per heavy atom. The number of hydrogen-bond acceptors (Lipinski definition) is 8. The Morgan fingerprint density at radius 3 is 2.33 bits per heavy atom. The number of nitrogens with zero attached hydrogens (tertiary/aromatic N) is 2. The molecule has 1 aromatic rings. The zero-order valence-electron chi connectivity index (χ0n) is 20.4. The molecule has 10 nitrogen and oxygen atoms in total. The van der Waals surface area contributed by atoms with Crippen molar-refractivity contribution in [2.75, 3.05) is 13.2 Å². The van der Waals surface area contributed by atoms with Crippen molar-refractivity contribution in [3.05, 3.63) is 58.4 Å². The minimum Gasteiger partial charge on any atom is -0.486 e. The molecule has 4 rings (SSSR count). The summed E-state index contributed by atoms with van der Waals surface area (Å²) < 4.78 is 11.1. The van der Waals surface area contributed by atoms with Crippen LogP contribution in [0.3, 0.4) is 0 Å². The quantitative estimate of drug-likeness (QED) is 0.443. The molecule has 2 aliphatic heterocycles. The summed E-state index contributed by atoms with van der Waals surface area (Å²) in [5.74, 6) is -3.74. The van der Waals surface area contributed by atoms with E-state index in [1.807, 2.05) is 0 Å². The lowest BCUT2D eigenvalue weighted by molar-refractivity contribution is -0.164. The molecule has 2 heterocycles. The zero-order chi connectivity index (χ0) is 26.3. The van der Waals surface area contributed by atoms with E-state index in [1.165, 1.54) is 18.7 Å². The fraction of sp³-hybridized carbons (Fsp3) is 0.385. The molecule has 3 aliphatic rings. The van der Waals surface area contributed by atoms with E-state index in [-0.39, 0.29) is 40.6 Å². The van der Waals surface area contributed by atoms with Crippen LogP contribution in [0.5, 0.6) is 0 Å². The van der Waals surface area contributed by atoms with Crippen LogP contribution in [0.25, 0.3) is 0 Å². The molecule has 2 atom stereocenters. The smallest absolute Gasteiger partial charge is 0.338 e. The van der Waals surface area contributed by atoms with Crippen LogP contribution in [-0.2, 0) is 33.4 Å². The van der Waals surface area contributed by atoms with Crippen LogP contribution >= 0.6 is 0 Å². The van der Waals surface area contributed by atoms with E-state index in [9.17, 15) is 28.8 Å². The molecule has 1 saturated heterocycles. The highest BCUT2D eigenvalue weighted by Gasteiger charge is 2.53. The maximum absolute atomic E-state index is 13.5. The molecule has 0 aromatic heterocycles. The fourth-order valence-corrected chi connectivity index (χ4v) is 4.72. The number of esters is 1. The van der Waals surface area contributed by atoms with Crippen molar-refractivity contribution in [1.29, 1.82) is 0 Å². The van der Waals surface area contributed by atoms with Crippen molar-refractivity contribution < 1.29 is 38.2 Å². The molecule has 1 fully saturated rings. The van der Waals surface area contributed by atoms with Crippen molar-refractivity contribution in [3.8, 4) is 0 Å². The summed E-state index contributed by atoms with van der Waals surface area (Å²) in [5.41, 5.74) is 0.363. The molecular weight excluding hydrogens is 468 g/mol. The summed E-state index contributed by atoms with van der Waals surface area (Å²) in [4.78, 5) is 79.9. The van der Waals surface area contributed by atoms with Crippen LogP contribution in [0.4, 0.5) is 0 Å². The number of benzene rings is 1. The van der Waals surface area contributed by atoms with Gasteiger partial charge in [0.25, 0.3) is 5.91 Å². The number of rotatable bonds is 5. The van der Waals surface area contributed by atoms with E-state index < -0.39 is 60.5 Å². The standard InChI is InChI=1S/C26H26N2O8/c1-13(2)36-24-14(3)22(31)21-17(23(24)32)10-18-25(33)27(15(4)29)11-20(30)28(18)19(21)12-35-26(34)16-8-6-5-7-9-16/h5-9,13,18-19H,10-12H2,1-4H3/t18-,19+/m0/s1. The summed E-state index contributed by atoms with van der Waals surface area (Å²) >= 11 is 0. The van der Waals surface area contributed by atoms with Crippen LogP contribution < -0.4 is 0 Å². The average Bonchev–Trinajstić information content (AvgIpc) is 2.85. The Kier molecular flexibility index (Phi) is 6.62. The number of ether oxygens (including phenoxy) is 2. The monoisotopic (exact) mass is 494 g/mol. The number of Topliss-reactive ketones (excluding diaryl/α,β-unsaturated/α-hetero) is 2. The van der Waals surface area contributed by atoms with Gasteiger partial charge in [0.05, 0.1) is 17.7 Å². The number of allylic oxidation sites excluding steroid dienone is 2. The summed E-state index contributed by atoms with van der Waals surface area (Å²) in [6.07, 6.45) is -0.641. The highest BCUT2D eigenvalue weighted by molar-refractivity contribution is 6.25.